The molecular weight excluding hydrogens is 253 g/mol. The Balaban J connectivity index is 1.46. The summed E-state index contributed by atoms with van der Waals surface area (Å²) in [6.07, 6.45) is 5.53. The van der Waals surface area contributed by atoms with Crippen LogP contribution in [0.15, 0.2) is 29.3 Å². The molecule has 20 heavy (non-hydrogen) atoms. The van der Waals surface area contributed by atoms with E-state index in [0.29, 0.717) is 12.0 Å². The van der Waals surface area contributed by atoms with Gasteiger partial charge in [0.2, 0.25) is 0 Å². The molecule has 0 amide bonds. The van der Waals surface area contributed by atoms with Crippen LogP contribution in [0.4, 0.5) is 4.39 Å². The number of hydrogen-bond acceptors (Lipinski definition) is 1. The average Bonchev–Trinajstić information content (AvgIpc) is 3.34. The van der Waals surface area contributed by atoms with E-state index in [1.807, 2.05) is 0 Å². The minimum atomic E-state index is -0.198. The molecule has 1 aromatic rings. The zero-order valence-electron chi connectivity index (χ0n) is 12.0. The van der Waals surface area contributed by atoms with Crippen LogP contribution in [0, 0.1) is 17.2 Å². The van der Waals surface area contributed by atoms with Gasteiger partial charge in [-0.2, -0.15) is 0 Å². The molecule has 4 heteroatoms. The lowest BCUT2D eigenvalue weighted by molar-refractivity contribution is 0.431. The molecular formula is C16H22FN3. The Morgan fingerprint density at radius 3 is 2.50 bits per heavy atom. The van der Waals surface area contributed by atoms with E-state index >= 15 is 0 Å². The smallest absolute Gasteiger partial charge is 0.191 e. The van der Waals surface area contributed by atoms with Crippen molar-refractivity contribution < 1.29 is 4.39 Å². The molecule has 0 radical (unpaired) electrons. The topological polar surface area (TPSA) is 36.4 Å². The number of guanidine groups is 1. The molecule has 0 atom stereocenters. The quantitative estimate of drug-likeness (QED) is 0.640. The lowest BCUT2D eigenvalue weighted by atomic mass is 10.0. The van der Waals surface area contributed by atoms with Crippen molar-refractivity contribution in [3.8, 4) is 0 Å². The first-order valence-electron chi connectivity index (χ1n) is 7.41. The lowest BCUT2D eigenvalue weighted by Crippen LogP contribution is -2.40. The first-order valence-corrected chi connectivity index (χ1v) is 7.41. The summed E-state index contributed by atoms with van der Waals surface area (Å²) in [7, 11) is 1.79. The number of halogens is 1. The fourth-order valence-corrected chi connectivity index (χ4v) is 2.85. The third kappa shape index (κ3) is 3.11. The summed E-state index contributed by atoms with van der Waals surface area (Å²) in [5.74, 6) is 1.59. The van der Waals surface area contributed by atoms with Gasteiger partial charge in [0.15, 0.2) is 5.96 Å². The summed E-state index contributed by atoms with van der Waals surface area (Å²) in [5, 5.41) is 6.72. The highest BCUT2D eigenvalue weighted by molar-refractivity contribution is 5.79. The summed E-state index contributed by atoms with van der Waals surface area (Å²) < 4.78 is 12.8. The first kappa shape index (κ1) is 13.4. The van der Waals surface area contributed by atoms with E-state index in [-0.39, 0.29) is 5.82 Å². The van der Waals surface area contributed by atoms with Crippen LogP contribution in [-0.2, 0) is 6.54 Å². The molecule has 0 saturated heterocycles. The van der Waals surface area contributed by atoms with E-state index < -0.39 is 0 Å². The van der Waals surface area contributed by atoms with Crippen LogP contribution < -0.4 is 10.6 Å². The van der Waals surface area contributed by atoms with Gasteiger partial charge in [-0.1, -0.05) is 12.1 Å². The van der Waals surface area contributed by atoms with Crippen LogP contribution in [0.1, 0.15) is 31.2 Å². The third-order valence-corrected chi connectivity index (χ3v) is 4.54. The van der Waals surface area contributed by atoms with Crippen molar-refractivity contribution in [2.75, 3.05) is 13.6 Å². The SMILES string of the molecule is CN=C(NCc1ccc(F)cc1)NCC1(C2CC2)CC1. The minimum absolute atomic E-state index is 0.198. The van der Waals surface area contributed by atoms with Gasteiger partial charge in [-0.15, -0.1) is 0 Å². The number of aliphatic imine (C=N–C) groups is 1. The summed E-state index contributed by atoms with van der Waals surface area (Å²) in [5.41, 5.74) is 1.62. The Morgan fingerprint density at radius 2 is 1.95 bits per heavy atom. The van der Waals surface area contributed by atoms with Crippen LogP contribution in [-0.4, -0.2) is 19.6 Å². The van der Waals surface area contributed by atoms with E-state index in [1.165, 1.54) is 37.8 Å². The van der Waals surface area contributed by atoms with Crippen LogP contribution in [0.5, 0.6) is 0 Å². The van der Waals surface area contributed by atoms with Gasteiger partial charge in [-0.25, -0.2) is 4.39 Å². The molecule has 2 N–H and O–H groups in total. The van der Waals surface area contributed by atoms with Crippen molar-refractivity contribution in [1.82, 2.24) is 10.6 Å². The second-order valence-electron chi connectivity index (χ2n) is 6.04. The number of hydrogen-bond donors (Lipinski definition) is 2. The Labute approximate surface area is 119 Å². The normalized spacial score (nSPS) is 20.6. The molecule has 3 nitrogen and oxygen atoms in total. The molecule has 0 heterocycles. The molecule has 108 valence electrons. The molecule has 2 saturated carbocycles. The summed E-state index contributed by atoms with van der Waals surface area (Å²) in [6.45, 7) is 1.69. The Hall–Kier alpha value is -1.58. The summed E-state index contributed by atoms with van der Waals surface area (Å²) in [4.78, 5) is 4.25. The predicted octanol–water partition coefficient (Wildman–Crippen LogP) is 2.68. The second-order valence-corrected chi connectivity index (χ2v) is 6.04. The molecule has 1 aromatic carbocycles. The van der Waals surface area contributed by atoms with E-state index in [4.69, 9.17) is 0 Å². The van der Waals surface area contributed by atoms with Gasteiger partial charge < -0.3 is 10.6 Å². The van der Waals surface area contributed by atoms with Crippen LogP contribution >= 0.6 is 0 Å². The number of rotatable bonds is 5. The molecule has 0 spiro atoms. The maximum absolute atomic E-state index is 12.8. The van der Waals surface area contributed by atoms with Gasteiger partial charge >= 0.3 is 0 Å². The largest absolute Gasteiger partial charge is 0.356 e. The second kappa shape index (κ2) is 5.43. The molecule has 2 aliphatic carbocycles. The van der Waals surface area contributed by atoms with Crippen molar-refractivity contribution >= 4 is 5.96 Å². The van der Waals surface area contributed by atoms with Crippen LogP contribution in [0.2, 0.25) is 0 Å². The van der Waals surface area contributed by atoms with Crippen molar-refractivity contribution in [2.45, 2.75) is 32.2 Å². The van der Waals surface area contributed by atoms with Gasteiger partial charge in [0.1, 0.15) is 5.82 Å². The van der Waals surface area contributed by atoms with Gasteiger partial charge in [0, 0.05) is 20.1 Å². The molecule has 0 unspecified atom stereocenters. The number of benzene rings is 1. The average molecular weight is 275 g/mol. The number of nitrogens with one attached hydrogen (secondary N) is 2. The standard InChI is InChI=1S/C16H22FN3/c1-18-15(19-10-12-2-6-14(17)7-3-12)20-11-16(8-9-16)13-4-5-13/h2-3,6-7,13H,4-5,8-11H2,1H3,(H2,18,19,20). The van der Waals surface area contributed by atoms with Crippen LogP contribution in [0.25, 0.3) is 0 Å². The number of nitrogens with zero attached hydrogens (tertiary/aromatic N) is 1. The first-order chi connectivity index (χ1) is 9.72. The Bertz CT molecular complexity index is 487. The van der Waals surface area contributed by atoms with Gasteiger partial charge in [0.05, 0.1) is 0 Å². The molecule has 3 rings (SSSR count). The van der Waals surface area contributed by atoms with E-state index in [9.17, 15) is 4.39 Å². The Morgan fingerprint density at radius 1 is 1.25 bits per heavy atom. The fourth-order valence-electron chi connectivity index (χ4n) is 2.85. The summed E-state index contributed by atoms with van der Waals surface area (Å²) in [6, 6.07) is 6.56. The molecule has 0 aliphatic heterocycles. The molecule has 2 aliphatic rings. The highest BCUT2D eigenvalue weighted by Gasteiger charge is 2.53. The van der Waals surface area contributed by atoms with Crippen molar-refractivity contribution in [3.63, 3.8) is 0 Å². The monoisotopic (exact) mass is 275 g/mol. The predicted molar refractivity (Wildman–Crippen MR) is 79.0 cm³/mol. The van der Waals surface area contributed by atoms with E-state index in [0.717, 1.165) is 24.0 Å². The molecule has 0 aromatic heterocycles. The molecule has 0 bridgehead atoms. The van der Waals surface area contributed by atoms with Crippen molar-refractivity contribution in [2.24, 2.45) is 16.3 Å². The van der Waals surface area contributed by atoms with Crippen molar-refractivity contribution in [3.05, 3.63) is 35.6 Å². The zero-order valence-corrected chi connectivity index (χ0v) is 12.0. The van der Waals surface area contributed by atoms with E-state index in [2.05, 4.69) is 15.6 Å². The van der Waals surface area contributed by atoms with Gasteiger partial charge in [-0.05, 0) is 54.7 Å². The van der Waals surface area contributed by atoms with Gasteiger partial charge in [0.25, 0.3) is 0 Å². The van der Waals surface area contributed by atoms with Gasteiger partial charge in [-0.3, -0.25) is 4.99 Å². The zero-order chi connectivity index (χ0) is 14.0. The highest BCUT2D eigenvalue weighted by Crippen LogP contribution is 2.60. The molecule has 2 fully saturated rings. The lowest BCUT2D eigenvalue weighted by Gasteiger charge is -2.18. The van der Waals surface area contributed by atoms with E-state index in [1.54, 1.807) is 19.2 Å². The Kier molecular flexibility index (Phi) is 3.64. The van der Waals surface area contributed by atoms with Crippen LogP contribution in [0.3, 0.4) is 0 Å². The summed E-state index contributed by atoms with van der Waals surface area (Å²) >= 11 is 0. The maximum Gasteiger partial charge on any atom is 0.191 e. The maximum atomic E-state index is 12.8. The van der Waals surface area contributed by atoms with Crippen molar-refractivity contribution in [1.29, 1.82) is 0 Å². The minimum Gasteiger partial charge on any atom is -0.356 e. The third-order valence-electron chi connectivity index (χ3n) is 4.54. The fraction of sp³-hybridized carbons (Fsp3) is 0.562. The highest BCUT2D eigenvalue weighted by atomic mass is 19.1.